The Kier molecular flexibility index (Phi) is 4.24. The van der Waals surface area contributed by atoms with Gasteiger partial charge in [-0.25, -0.2) is 0 Å². The van der Waals surface area contributed by atoms with E-state index in [0.29, 0.717) is 12.1 Å². The summed E-state index contributed by atoms with van der Waals surface area (Å²) >= 11 is 0. The van der Waals surface area contributed by atoms with Crippen LogP contribution in [0.1, 0.15) is 29.8 Å². The van der Waals surface area contributed by atoms with Crippen molar-refractivity contribution in [2.75, 3.05) is 19.6 Å². The molecule has 1 fully saturated rings. The fraction of sp³-hybridized carbons (Fsp3) is 0.500. The van der Waals surface area contributed by atoms with Gasteiger partial charge < -0.3 is 11.1 Å². The van der Waals surface area contributed by atoms with Crippen LogP contribution in [0.15, 0.2) is 18.2 Å². The summed E-state index contributed by atoms with van der Waals surface area (Å²) in [4.78, 5) is 24.1. The van der Waals surface area contributed by atoms with Crippen LogP contribution in [0.3, 0.4) is 0 Å². The molecular weight excluding hydrogens is 272 g/mol. The Labute approximate surface area is 123 Å². The van der Waals surface area contributed by atoms with E-state index in [1.54, 1.807) is 12.1 Å². The minimum atomic E-state index is -0.660. The van der Waals surface area contributed by atoms with Gasteiger partial charge >= 0.3 is 0 Å². The van der Waals surface area contributed by atoms with Gasteiger partial charge in [-0.1, -0.05) is 6.07 Å². The first kappa shape index (κ1) is 15.4. The number of carbonyl (C=O) groups is 1. The topological polar surface area (TPSA) is 102 Å². The van der Waals surface area contributed by atoms with Crippen molar-refractivity contribution >= 4 is 11.6 Å². The first-order valence-corrected chi connectivity index (χ1v) is 6.84. The SMILES string of the molecule is CC1(C)CNCCN1Cc1ccc(C(N)=O)cc1[N+](=O)[O-]. The molecule has 2 rings (SSSR count). The van der Waals surface area contributed by atoms with Crippen molar-refractivity contribution in [1.82, 2.24) is 10.2 Å². The highest BCUT2D eigenvalue weighted by atomic mass is 16.6. The third kappa shape index (κ3) is 3.37. The number of nitro benzene ring substituents is 1. The molecule has 0 unspecified atom stereocenters. The van der Waals surface area contributed by atoms with Crippen LogP contribution in [-0.4, -0.2) is 40.9 Å². The molecule has 0 radical (unpaired) electrons. The molecule has 1 saturated heterocycles. The number of rotatable bonds is 4. The maximum absolute atomic E-state index is 11.2. The highest BCUT2D eigenvalue weighted by molar-refractivity contribution is 5.93. The van der Waals surface area contributed by atoms with Gasteiger partial charge in [-0.15, -0.1) is 0 Å². The fourth-order valence-corrected chi connectivity index (χ4v) is 2.54. The molecule has 1 aromatic carbocycles. The van der Waals surface area contributed by atoms with Crippen LogP contribution in [0, 0.1) is 10.1 Å². The molecule has 7 nitrogen and oxygen atoms in total. The average Bonchev–Trinajstić information content (AvgIpc) is 2.41. The summed E-state index contributed by atoms with van der Waals surface area (Å²) in [6, 6.07) is 4.42. The van der Waals surface area contributed by atoms with Crippen molar-refractivity contribution in [2.45, 2.75) is 25.9 Å². The van der Waals surface area contributed by atoms with Gasteiger partial charge in [0.25, 0.3) is 5.69 Å². The molecule has 0 aromatic heterocycles. The highest BCUT2D eigenvalue weighted by Crippen LogP contribution is 2.26. The predicted octanol–water partition coefficient (Wildman–Crippen LogP) is 0.878. The first-order valence-electron chi connectivity index (χ1n) is 6.84. The van der Waals surface area contributed by atoms with Gasteiger partial charge in [0.2, 0.25) is 5.91 Å². The Balaban J connectivity index is 2.31. The number of hydrogen-bond acceptors (Lipinski definition) is 5. The van der Waals surface area contributed by atoms with E-state index in [9.17, 15) is 14.9 Å². The van der Waals surface area contributed by atoms with Gasteiger partial charge in [-0.2, -0.15) is 0 Å². The molecular formula is C14H20N4O3. The molecule has 3 N–H and O–H groups in total. The molecule has 114 valence electrons. The van der Waals surface area contributed by atoms with Gasteiger partial charge in [0.15, 0.2) is 0 Å². The molecule has 21 heavy (non-hydrogen) atoms. The lowest BCUT2D eigenvalue weighted by Gasteiger charge is -2.42. The maximum Gasteiger partial charge on any atom is 0.274 e. The standard InChI is InChI=1S/C14H20N4O3/c1-14(2)9-16-5-6-17(14)8-11-4-3-10(13(15)19)7-12(11)18(20)21/h3-4,7,16H,5-6,8-9H2,1-2H3,(H2,15,19). The molecule has 7 heteroatoms. The normalized spacial score (nSPS) is 18.4. The van der Waals surface area contributed by atoms with Crippen LogP contribution < -0.4 is 11.1 Å². The second-order valence-electron chi connectivity index (χ2n) is 5.88. The smallest absolute Gasteiger partial charge is 0.274 e. The maximum atomic E-state index is 11.2. The van der Waals surface area contributed by atoms with Crippen molar-refractivity contribution in [3.05, 3.63) is 39.4 Å². The summed E-state index contributed by atoms with van der Waals surface area (Å²) < 4.78 is 0. The molecule has 0 saturated carbocycles. The molecule has 1 aromatic rings. The highest BCUT2D eigenvalue weighted by Gasteiger charge is 2.31. The summed E-state index contributed by atoms with van der Waals surface area (Å²) in [7, 11) is 0. The van der Waals surface area contributed by atoms with Gasteiger partial charge in [0.1, 0.15) is 0 Å². The number of nitrogens with one attached hydrogen (secondary N) is 1. The second-order valence-corrected chi connectivity index (χ2v) is 5.88. The van der Waals surface area contributed by atoms with Crippen molar-refractivity contribution in [1.29, 1.82) is 0 Å². The molecule has 0 atom stereocenters. The number of nitro groups is 1. The van der Waals surface area contributed by atoms with Gasteiger partial charge in [-0.3, -0.25) is 19.8 Å². The number of benzene rings is 1. The number of hydrogen-bond donors (Lipinski definition) is 2. The van der Waals surface area contributed by atoms with Gasteiger partial charge in [0, 0.05) is 48.9 Å². The molecule has 1 amide bonds. The van der Waals surface area contributed by atoms with Crippen molar-refractivity contribution in [2.24, 2.45) is 5.73 Å². The van der Waals surface area contributed by atoms with Gasteiger partial charge in [-0.05, 0) is 19.9 Å². The zero-order valence-electron chi connectivity index (χ0n) is 12.3. The Morgan fingerprint density at radius 1 is 1.52 bits per heavy atom. The van der Waals surface area contributed by atoms with Crippen LogP contribution in [0.25, 0.3) is 0 Å². The number of primary amides is 1. The molecule has 1 heterocycles. The quantitative estimate of drug-likeness (QED) is 0.633. The van der Waals surface area contributed by atoms with Crippen molar-refractivity contribution in [3.63, 3.8) is 0 Å². The third-order valence-electron chi connectivity index (χ3n) is 3.90. The number of carbonyl (C=O) groups excluding carboxylic acids is 1. The van der Waals surface area contributed by atoms with E-state index in [2.05, 4.69) is 24.1 Å². The van der Waals surface area contributed by atoms with Crippen LogP contribution in [-0.2, 0) is 6.54 Å². The van der Waals surface area contributed by atoms with E-state index in [1.807, 2.05) is 0 Å². The summed E-state index contributed by atoms with van der Waals surface area (Å²) in [6.45, 7) is 7.19. The number of nitrogens with two attached hydrogens (primary N) is 1. The predicted molar refractivity (Wildman–Crippen MR) is 79.0 cm³/mol. The number of amides is 1. The Morgan fingerprint density at radius 3 is 2.81 bits per heavy atom. The lowest BCUT2D eigenvalue weighted by Crippen LogP contribution is -2.57. The van der Waals surface area contributed by atoms with Crippen LogP contribution in [0.4, 0.5) is 5.69 Å². The Morgan fingerprint density at radius 2 is 2.24 bits per heavy atom. The van der Waals surface area contributed by atoms with Crippen LogP contribution in [0.2, 0.25) is 0 Å². The van der Waals surface area contributed by atoms with Gasteiger partial charge in [0.05, 0.1) is 4.92 Å². The van der Waals surface area contributed by atoms with E-state index in [1.165, 1.54) is 6.07 Å². The second kappa shape index (κ2) is 5.79. The third-order valence-corrected chi connectivity index (χ3v) is 3.90. The molecule has 0 bridgehead atoms. The monoisotopic (exact) mass is 292 g/mol. The zero-order valence-corrected chi connectivity index (χ0v) is 12.3. The van der Waals surface area contributed by atoms with Crippen molar-refractivity contribution in [3.8, 4) is 0 Å². The largest absolute Gasteiger partial charge is 0.366 e. The lowest BCUT2D eigenvalue weighted by molar-refractivity contribution is -0.385. The minimum absolute atomic E-state index is 0.0550. The summed E-state index contributed by atoms with van der Waals surface area (Å²) in [5.74, 6) is -0.660. The Hall–Kier alpha value is -1.99. The van der Waals surface area contributed by atoms with E-state index >= 15 is 0 Å². The first-order chi connectivity index (χ1) is 9.81. The van der Waals surface area contributed by atoms with E-state index < -0.39 is 10.8 Å². The van der Waals surface area contributed by atoms with E-state index in [0.717, 1.165) is 19.6 Å². The number of nitrogens with zero attached hydrogens (tertiary/aromatic N) is 2. The summed E-state index contributed by atoms with van der Waals surface area (Å²) in [5, 5.41) is 14.5. The van der Waals surface area contributed by atoms with E-state index in [-0.39, 0.29) is 16.8 Å². The van der Waals surface area contributed by atoms with Crippen LogP contribution in [0.5, 0.6) is 0 Å². The van der Waals surface area contributed by atoms with Crippen molar-refractivity contribution < 1.29 is 9.72 Å². The van der Waals surface area contributed by atoms with E-state index in [4.69, 9.17) is 5.73 Å². The summed E-state index contributed by atoms with van der Waals surface area (Å²) in [5.41, 5.74) is 5.80. The number of piperazine rings is 1. The van der Waals surface area contributed by atoms with Crippen LogP contribution >= 0.6 is 0 Å². The molecule has 1 aliphatic rings. The Bertz CT molecular complexity index is 571. The fourth-order valence-electron chi connectivity index (χ4n) is 2.54. The molecule has 0 aliphatic carbocycles. The summed E-state index contributed by atoms with van der Waals surface area (Å²) in [6.07, 6.45) is 0. The minimum Gasteiger partial charge on any atom is -0.366 e. The average molecular weight is 292 g/mol. The molecule has 0 spiro atoms. The zero-order chi connectivity index (χ0) is 15.6. The molecule has 1 aliphatic heterocycles. The lowest BCUT2D eigenvalue weighted by atomic mass is 9.98.